The van der Waals surface area contributed by atoms with Crippen LogP contribution in [0, 0.1) is 5.82 Å². The van der Waals surface area contributed by atoms with Gasteiger partial charge in [0.1, 0.15) is 5.82 Å². The van der Waals surface area contributed by atoms with Gasteiger partial charge in [0.05, 0.1) is 16.6 Å². The molecule has 3 nitrogen and oxygen atoms in total. The number of carboxylic acid groups (broad SMARTS) is 1. The zero-order chi connectivity index (χ0) is 15.6. The minimum Gasteiger partial charge on any atom is -0.478 e. The van der Waals surface area contributed by atoms with Crippen molar-refractivity contribution in [2.24, 2.45) is 0 Å². The molecule has 2 rings (SSSR count). The first kappa shape index (κ1) is 15.3. The van der Waals surface area contributed by atoms with Crippen LogP contribution in [-0.4, -0.2) is 18.1 Å². The van der Waals surface area contributed by atoms with Crippen LogP contribution in [0.1, 0.15) is 28.9 Å². The van der Waals surface area contributed by atoms with Crippen LogP contribution in [0.5, 0.6) is 0 Å². The van der Waals surface area contributed by atoms with Gasteiger partial charge in [-0.15, -0.1) is 0 Å². The van der Waals surface area contributed by atoms with Crippen molar-refractivity contribution in [1.82, 2.24) is 0 Å². The number of hydrogen-bond acceptors (Lipinski definition) is 2. The van der Waals surface area contributed by atoms with Crippen LogP contribution in [0.3, 0.4) is 0 Å². The molecular formula is C16H15ClFNO2. The highest BCUT2D eigenvalue weighted by Crippen LogP contribution is 2.30. The summed E-state index contributed by atoms with van der Waals surface area (Å²) in [5, 5.41) is 9.13. The molecule has 2 aromatic carbocycles. The number of aromatic carboxylic acids is 1. The molecular weight excluding hydrogens is 293 g/mol. The molecule has 0 fully saturated rings. The average molecular weight is 308 g/mol. The number of benzene rings is 2. The lowest BCUT2D eigenvalue weighted by atomic mass is 10.1. The number of carbonyl (C=O) groups is 1. The third-order valence-electron chi connectivity index (χ3n) is 3.53. The molecule has 0 aliphatic heterocycles. The molecule has 5 heteroatoms. The molecule has 0 aliphatic carbocycles. The number of hydrogen-bond donors (Lipinski definition) is 1. The second-order valence-corrected chi connectivity index (χ2v) is 5.18. The minimum atomic E-state index is -1.07. The Labute approximate surface area is 127 Å². The van der Waals surface area contributed by atoms with E-state index in [9.17, 15) is 9.18 Å². The van der Waals surface area contributed by atoms with Crippen molar-refractivity contribution in [3.63, 3.8) is 0 Å². The topological polar surface area (TPSA) is 40.5 Å². The van der Waals surface area contributed by atoms with E-state index in [2.05, 4.69) is 0 Å². The van der Waals surface area contributed by atoms with Gasteiger partial charge in [-0.1, -0.05) is 29.8 Å². The summed E-state index contributed by atoms with van der Waals surface area (Å²) in [6.07, 6.45) is 0. The first-order chi connectivity index (χ1) is 9.91. The summed E-state index contributed by atoms with van der Waals surface area (Å²) in [7, 11) is 1.81. The molecule has 0 spiro atoms. The maximum absolute atomic E-state index is 13.8. The van der Waals surface area contributed by atoms with Crippen molar-refractivity contribution < 1.29 is 14.3 Å². The van der Waals surface area contributed by atoms with Crippen molar-refractivity contribution in [3.05, 3.63) is 64.4 Å². The molecule has 110 valence electrons. The van der Waals surface area contributed by atoms with Gasteiger partial charge in [-0.3, -0.25) is 0 Å². The Morgan fingerprint density at radius 3 is 2.52 bits per heavy atom. The third kappa shape index (κ3) is 3.16. The van der Waals surface area contributed by atoms with E-state index in [-0.39, 0.29) is 22.4 Å². The standard InChI is InChI=1S/C16H15ClFNO2/c1-10(12-5-3-4-6-15(12)18)19(2)11-7-8-13(16(20)21)14(17)9-11/h3-10H,1-2H3,(H,20,21). The number of halogens is 2. The highest BCUT2D eigenvalue weighted by Gasteiger charge is 2.17. The zero-order valence-corrected chi connectivity index (χ0v) is 12.4. The summed E-state index contributed by atoms with van der Waals surface area (Å²) in [5.74, 6) is -1.35. The number of carboxylic acids is 1. The fourth-order valence-electron chi connectivity index (χ4n) is 2.14. The molecule has 2 aromatic rings. The Hall–Kier alpha value is -2.07. The zero-order valence-electron chi connectivity index (χ0n) is 11.7. The molecule has 0 saturated heterocycles. The van der Waals surface area contributed by atoms with Crippen LogP contribution in [-0.2, 0) is 0 Å². The highest BCUT2D eigenvalue weighted by atomic mass is 35.5. The van der Waals surface area contributed by atoms with Crippen LogP contribution in [0.15, 0.2) is 42.5 Å². The molecule has 0 saturated carbocycles. The average Bonchev–Trinajstić information content (AvgIpc) is 2.45. The van der Waals surface area contributed by atoms with E-state index in [1.165, 1.54) is 12.1 Å². The SMILES string of the molecule is CC(c1ccccc1F)N(C)c1ccc(C(=O)O)c(Cl)c1. The largest absolute Gasteiger partial charge is 0.478 e. The Morgan fingerprint density at radius 2 is 1.95 bits per heavy atom. The van der Waals surface area contributed by atoms with E-state index in [0.29, 0.717) is 5.56 Å². The minimum absolute atomic E-state index is 0.0485. The smallest absolute Gasteiger partial charge is 0.337 e. The summed E-state index contributed by atoms with van der Waals surface area (Å²) < 4.78 is 13.8. The highest BCUT2D eigenvalue weighted by molar-refractivity contribution is 6.33. The molecule has 0 heterocycles. The second kappa shape index (κ2) is 6.14. The Bertz CT molecular complexity index is 675. The van der Waals surface area contributed by atoms with Crippen molar-refractivity contribution in [2.45, 2.75) is 13.0 Å². The predicted molar refractivity (Wildman–Crippen MR) is 81.6 cm³/mol. The monoisotopic (exact) mass is 307 g/mol. The van der Waals surface area contributed by atoms with Crippen LogP contribution in [0.25, 0.3) is 0 Å². The van der Waals surface area contributed by atoms with Gasteiger partial charge in [0.15, 0.2) is 0 Å². The van der Waals surface area contributed by atoms with E-state index in [0.717, 1.165) is 5.69 Å². The Kier molecular flexibility index (Phi) is 4.48. The van der Waals surface area contributed by atoms with Gasteiger partial charge >= 0.3 is 5.97 Å². The van der Waals surface area contributed by atoms with E-state index in [1.807, 2.05) is 18.9 Å². The Balaban J connectivity index is 2.32. The van der Waals surface area contributed by atoms with E-state index in [1.54, 1.807) is 30.3 Å². The van der Waals surface area contributed by atoms with Crippen LogP contribution in [0.2, 0.25) is 5.02 Å². The van der Waals surface area contributed by atoms with E-state index in [4.69, 9.17) is 16.7 Å². The molecule has 21 heavy (non-hydrogen) atoms. The predicted octanol–water partition coefficient (Wildman–Crippen LogP) is 4.37. The summed E-state index contributed by atoms with van der Waals surface area (Å²) in [6.45, 7) is 1.87. The van der Waals surface area contributed by atoms with Crippen molar-refractivity contribution in [3.8, 4) is 0 Å². The van der Waals surface area contributed by atoms with Gasteiger partial charge in [0.2, 0.25) is 0 Å². The van der Waals surface area contributed by atoms with E-state index < -0.39 is 5.97 Å². The molecule has 1 N–H and O–H groups in total. The van der Waals surface area contributed by atoms with Crippen molar-refractivity contribution >= 4 is 23.3 Å². The first-order valence-corrected chi connectivity index (χ1v) is 6.79. The molecule has 0 bridgehead atoms. The fourth-order valence-corrected chi connectivity index (χ4v) is 2.40. The van der Waals surface area contributed by atoms with Crippen molar-refractivity contribution in [1.29, 1.82) is 0 Å². The second-order valence-electron chi connectivity index (χ2n) is 4.78. The van der Waals surface area contributed by atoms with Gasteiger partial charge in [-0.25, -0.2) is 9.18 Å². The molecule has 0 aromatic heterocycles. The van der Waals surface area contributed by atoms with Gasteiger partial charge in [0, 0.05) is 18.3 Å². The first-order valence-electron chi connectivity index (χ1n) is 6.42. The molecule has 0 radical (unpaired) electrons. The lowest BCUT2D eigenvalue weighted by Crippen LogP contribution is -2.22. The van der Waals surface area contributed by atoms with Crippen LogP contribution in [0.4, 0.5) is 10.1 Å². The Morgan fingerprint density at radius 1 is 1.29 bits per heavy atom. The summed E-state index contributed by atoms with van der Waals surface area (Å²) >= 11 is 5.97. The number of nitrogens with zero attached hydrogens (tertiary/aromatic N) is 1. The summed E-state index contributed by atoms with van der Waals surface area (Å²) in [4.78, 5) is 12.8. The number of anilines is 1. The van der Waals surface area contributed by atoms with Gasteiger partial charge in [0.25, 0.3) is 0 Å². The molecule has 0 aliphatic rings. The van der Waals surface area contributed by atoms with Gasteiger partial charge < -0.3 is 10.0 Å². The maximum Gasteiger partial charge on any atom is 0.337 e. The van der Waals surface area contributed by atoms with E-state index >= 15 is 0 Å². The lowest BCUT2D eigenvalue weighted by Gasteiger charge is -2.28. The summed E-state index contributed by atoms with van der Waals surface area (Å²) in [5.41, 5.74) is 1.34. The summed E-state index contributed by atoms with van der Waals surface area (Å²) in [6, 6.07) is 11.0. The molecule has 1 unspecified atom stereocenters. The van der Waals surface area contributed by atoms with Gasteiger partial charge in [-0.05, 0) is 31.2 Å². The quantitative estimate of drug-likeness (QED) is 0.911. The number of rotatable bonds is 4. The normalized spacial score (nSPS) is 12.0. The maximum atomic E-state index is 13.8. The lowest BCUT2D eigenvalue weighted by molar-refractivity contribution is 0.0697. The molecule has 0 amide bonds. The third-order valence-corrected chi connectivity index (χ3v) is 3.84. The fraction of sp³-hybridized carbons (Fsp3) is 0.188. The van der Waals surface area contributed by atoms with Crippen LogP contribution < -0.4 is 4.90 Å². The van der Waals surface area contributed by atoms with Gasteiger partial charge in [-0.2, -0.15) is 0 Å². The van der Waals surface area contributed by atoms with Crippen molar-refractivity contribution in [2.75, 3.05) is 11.9 Å². The molecule has 1 atom stereocenters. The van der Waals surface area contributed by atoms with Crippen LogP contribution >= 0.6 is 11.6 Å².